The number of hydrogen-bond acceptors (Lipinski definition) is 7. The Hall–Kier alpha value is -2.26. The highest BCUT2D eigenvalue weighted by atomic mass is 16.4. The Morgan fingerprint density at radius 2 is 2.00 bits per heavy atom. The van der Waals surface area contributed by atoms with E-state index in [2.05, 4.69) is 4.98 Å². The average Bonchev–Trinajstić information content (AvgIpc) is 2.59. The maximum Gasteiger partial charge on any atom is 0.248 e. The number of carbonyl (C=O) groups is 1. The number of aryl methyl sites for hydroxylation is 1. The van der Waals surface area contributed by atoms with E-state index in [-0.39, 0.29) is 17.5 Å². The van der Waals surface area contributed by atoms with Gasteiger partial charge in [0, 0.05) is 17.1 Å². The van der Waals surface area contributed by atoms with Gasteiger partial charge in [-0.15, -0.1) is 0 Å². The molecule has 0 amide bonds. The topological polar surface area (TPSA) is 143 Å². The molecule has 8 nitrogen and oxygen atoms in total. The molecule has 0 aliphatic heterocycles. The van der Waals surface area contributed by atoms with Crippen LogP contribution in [0.1, 0.15) is 5.56 Å². The number of pyridine rings is 1. The molecule has 1 aromatic heterocycles. The van der Waals surface area contributed by atoms with Crippen LogP contribution in [0, 0.1) is 6.92 Å². The number of aldehydes is 1. The average molecular weight is 337 g/mol. The van der Waals surface area contributed by atoms with Gasteiger partial charge in [-0.05, 0) is 24.6 Å². The molecule has 1 aromatic carbocycles. The van der Waals surface area contributed by atoms with E-state index in [1.807, 2.05) is 0 Å². The number of carbonyl (C=O) groups excluding carboxylic acids is 1. The zero-order chi connectivity index (χ0) is 18.7. The molecule has 1 heterocycles. The molecule has 24 heavy (non-hydrogen) atoms. The van der Waals surface area contributed by atoms with Crippen LogP contribution in [-0.2, 0) is 4.79 Å². The van der Waals surface area contributed by atoms with Gasteiger partial charge < -0.3 is 35.5 Å². The zero-order valence-electron chi connectivity index (χ0n) is 14.0. The monoisotopic (exact) mass is 337 g/mol. The summed E-state index contributed by atoms with van der Waals surface area (Å²) in [4.78, 5) is 25.5. The zero-order valence-corrected chi connectivity index (χ0v) is 13.0. The lowest BCUT2D eigenvalue weighted by molar-refractivity contribution is -0.117. The molecule has 0 aliphatic carbocycles. The Morgan fingerprint density at radius 3 is 2.62 bits per heavy atom. The maximum absolute atomic E-state index is 11.6. The molecule has 4 atom stereocenters. The molecule has 0 saturated heterocycles. The summed E-state index contributed by atoms with van der Waals surface area (Å²) in [5.74, 6) is 0. The first-order valence-electron chi connectivity index (χ1n) is 7.77. The predicted octanol–water partition coefficient (Wildman–Crippen LogP) is -1.11. The second-order valence-electron chi connectivity index (χ2n) is 5.53. The SMILES string of the molecule is [2H]N(c1ccc2c(C)cc(=O)[nH]c2c1)[C@@H](C=O)[C@@H](O)[C@H](O)[C@H](O)CO. The summed E-state index contributed by atoms with van der Waals surface area (Å²) in [6, 6.07) is 4.59. The molecular weight excluding hydrogens is 316 g/mol. The van der Waals surface area contributed by atoms with Gasteiger partial charge in [0.2, 0.25) is 5.56 Å². The number of aliphatic hydroxyl groups excluding tert-OH is 4. The van der Waals surface area contributed by atoms with Crippen LogP contribution in [0.3, 0.4) is 0 Å². The number of anilines is 1. The normalized spacial score (nSPS) is 17.0. The number of H-pyrrole nitrogens is 1. The molecule has 0 unspecified atom stereocenters. The van der Waals surface area contributed by atoms with Crippen molar-refractivity contribution in [1.82, 2.24) is 4.98 Å². The molecule has 0 bridgehead atoms. The summed E-state index contributed by atoms with van der Waals surface area (Å²) in [5, 5.41) is 39.5. The van der Waals surface area contributed by atoms with Crippen LogP contribution in [0.2, 0.25) is 1.41 Å². The molecule has 6 N–H and O–H groups in total. The van der Waals surface area contributed by atoms with Crippen molar-refractivity contribution in [3.8, 4) is 0 Å². The molecule has 2 rings (SSSR count). The Kier molecular flexibility index (Phi) is 5.21. The highest BCUT2D eigenvalue weighted by Gasteiger charge is 2.31. The first-order valence-corrected chi connectivity index (χ1v) is 7.32. The fourth-order valence-electron chi connectivity index (χ4n) is 2.40. The predicted molar refractivity (Wildman–Crippen MR) is 87.9 cm³/mol. The van der Waals surface area contributed by atoms with Gasteiger partial charge in [-0.1, -0.05) is 6.07 Å². The van der Waals surface area contributed by atoms with E-state index in [1.165, 1.54) is 18.2 Å². The molecule has 130 valence electrons. The first-order chi connectivity index (χ1) is 11.8. The van der Waals surface area contributed by atoms with Gasteiger partial charge in [-0.2, -0.15) is 0 Å². The molecule has 0 spiro atoms. The minimum absolute atomic E-state index is 0.190. The third kappa shape index (κ3) is 3.80. The van der Waals surface area contributed by atoms with Crippen LogP contribution in [0.15, 0.2) is 29.1 Å². The van der Waals surface area contributed by atoms with E-state index in [4.69, 9.17) is 6.52 Å². The van der Waals surface area contributed by atoms with Crippen LogP contribution in [0.25, 0.3) is 10.9 Å². The lowest BCUT2D eigenvalue weighted by Crippen LogP contribution is -2.49. The Labute approximate surface area is 138 Å². The molecule has 0 aliphatic rings. The van der Waals surface area contributed by atoms with Crippen molar-refractivity contribution in [2.45, 2.75) is 31.3 Å². The summed E-state index contributed by atoms with van der Waals surface area (Å²) in [7, 11) is 0. The van der Waals surface area contributed by atoms with Crippen molar-refractivity contribution in [1.29, 1.82) is 0 Å². The van der Waals surface area contributed by atoms with E-state index in [0.717, 1.165) is 10.9 Å². The molecule has 8 heteroatoms. The van der Waals surface area contributed by atoms with Crippen molar-refractivity contribution in [3.63, 3.8) is 0 Å². The number of benzene rings is 1. The lowest BCUT2D eigenvalue weighted by Gasteiger charge is -2.26. The van der Waals surface area contributed by atoms with Gasteiger partial charge in [0.15, 0.2) is 1.41 Å². The Bertz CT molecular complexity index is 811. The van der Waals surface area contributed by atoms with E-state index in [9.17, 15) is 24.9 Å². The number of fused-ring (bicyclic) bond motifs is 1. The highest BCUT2D eigenvalue weighted by Crippen LogP contribution is 2.20. The molecule has 0 fully saturated rings. The summed E-state index contributed by atoms with van der Waals surface area (Å²) in [5.41, 5.74) is 1.08. The van der Waals surface area contributed by atoms with Crippen LogP contribution in [-0.4, -0.2) is 62.7 Å². The number of nitrogens with one attached hydrogen (secondary N) is 2. The van der Waals surface area contributed by atoms with Crippen molar-refractivity contribution in [3.05, 3.63) is 40.2 Å². The third-order valence-corrected chi connectivity index (χ3v) is 3.75. The number of aliphatic hydroxyl groups is 4. The third-order valence-electron chi connectivity index (χ3n) is 3.75. The number of rotatable bonds is 7. The number of hydrogen-bond donors (Lipinski definition) is 6. The van der Waals surface area contributed by atoms with E-state index in [1.54, 1.807) is 13.0 Å². The minimum atomic E-state index is -1.81. The lowest BCUT2D eigenvalue weighted by atomic mass is 10.0. The van der Waals surface area contributed by atoms with Gasteiger partial charge in [-0.3, -0.25) is 4.79 Å². The fraction of sp³-hybridized carbons (Fsp3) is 0.375. The van der Waals surface area contributed by atoms with E-state index in [0.29, 0.717) is 10.8 Å². The number of aromatic amines is 1. The largest absolute Gasteiger partial charge is 0.394 e. The van der Waals surface area contributed by atoms with Gasteiger partial charge >= 0.3 is 0 Å². The van der Waals surface area contributed by atoms with Crippen LogP contribution in [0.5, 0.6) is 0 Å². The molecule has 2 aromatic rings. The summed E-state index contributed by atoms with van der Waals surface area (Å²) < 4.78 is 8.07. The van der Waals surface area contributed by atoms with Gasteiger partial charge in [0.25, 0.3) is 0 Å². The standard InChI is InChI=1S/C16H20N2O6/c1-8-4-14(22)18-11-5-9(2-3-10(8)11)17-12(6-19)15(23)16(24)13(21)7-20/h2-6,12-13,15-17,20-21,23-24H,7H2,1H3,(H,18,22)/t12-,13+,15+,16+/m0/s1/i/hD. The van der Waals surface area contributed by atoms with Crippen molar-refractivity contribution < 1.29 is 26.6 Å². The van der Waals surface area contributed by atoms with E-state index >= 15 is 0 Å². The van der Waals surface area contributed by atoms with Crippen LogP contribution in [0.4, 0.5) is 5.69 Å². The van der Waals surface area contributed by atoms with Crippen LogP contribution >= 0.6 is 0 Å². The summed E-state index contributed by atoms with van der Waals surface area (Å²) >= 11 is 0. The molecule has 0 radical (unpaired) electrons. The van der Waals surface area contributed by atoms with E-state index < -0.39 is 31.0 Å². The maximum atomic E-state index is 11.6. The van der Waals surface area contributed by atoms with Crippen molar-refractivity contribution in [2.75, 3.05) is 11.9 Å². The fourth-order valence-corrected chi connectivity index (χ4v) is 2.40. The first kappa shape index (κ1) is 16.6. The second-order valence-corrected chi connectivity index (χ2v) is 5.53. The molecular formula is C16H20N2O6. The summed E-state index contributed by atoms with van der Waals surface area (Å²) in [6.45, 7) is 0.957. The summed E-state index contributed by atoms with van der Waals surface area (Å²) in [6.07, 6.45) is -5.00. The smallest absolute Gasteiger partial charge is 0.248 e. The van der Waals surface area contributed by atoms with Crippen molar-refractivity contribution >= 4 is 22.9 Å². The highest BCUT2D eigenvalue weighted by molar-refractivity contribution is 5.85. The van der Waals surface area contributed by atoms with Crippen LogP contribution < -0.4 is 10.9 Å². The minimum Gasteiger partial charge on any atom is -0.394 e. The Balaban J connectivity index is 2.37. The second kappa shape index (κ2) is 7.54. The quantitative estimate of drug-likeness (QED) is 0.352. The van der Waals surface area contributed by atoms with Gasteiger partial charge in [-0.25, -0.2) is 0 Å². The van der Waals surface area contributed by atoms with Gasteiger partial charge in [0.05, 0.1) is 12.1 Å². The van der Waals surface area contributed by atoms with Gasteiger partial charge in [0.1, 0.15) is 30.6 Å². The number of aromatic nitrogens is 1. The molecule has 0 saturated carbocycles. The van der Waals surface area contributed by atoms with Crippen molar-refractivity contribution in [2.24, 2.45) is 0 Å². The Morgan fingerprint density at radius 1 is 1.29 bits per heavy atom.